The summed E-state index contributed by atoms with van der Waals surface area (Å²) in [5.74, 6) is 0.183. The molecule has 2 amide bonds. The van der Waals surface area contributed by atoms with Crippen molar-refractivity contribution >= 4 is 33.7 Å². The van der Waals surface area contributed by atoms with Crippen LogP contribution >= 0.6 is 15.9 Å². The third-order valence-corrected chi connectivity index (χ3v) is 6.55. The van der Waals surface area contributed by atoms with Crippen molar-refractivity contribution in [2.75, 3.05) is 19.7 Å². The van der Waals surface area contributed by atoms with Crippen LogP contribution in [0.2, 0.25) is 0 Å². The quantitative estimate of drug-likeness (QED) is 0.534. The number of hydrogen-bond acceptors (Lipinski definition) is 5. The molecule has 1 aliphatic carbocycles. The Hall–Kier alpha value is -2.09. The van der Waals surface area contributed by atoms with Crippen LogP contribution in [0.5, 0.6) is 5.75 Å². The molecule has 32 heavy (non-hydrogen) atoms. The van der Waals surface area contributed by atoms with E-state index in [1.807, 2.05) is 0 Å². The fourth-order valence-corrected chi connectivity index (χ4v) is 4.55. The fourth-order valence-electron chi connectivity index (χ4n) is 4.06. The molecule has 1 aromatic rings. The zero-order valence-corrected chi connectivity index (χ0v) is 20.5. The van der Waals surface area contributed by atoms with E-state index in [1.165, 1.54) is 11.3 Å². The number of nitrogens with one attached hydrogen (secondary N) is 1. The van der Waals surface area contributed by atoms with E-state index < -0.39 is 12.0 Å². The normalized spacial score (nSPS) is 19.6. The van der Waals surface area contributed by atoms with Crippen molar-refractivity contribution in [1.82, 2.24) is 10.2 Å². The Morgan fingerprint density at radius 2 is 1.97 bits per heavy atom. The second kappa shape index (κ2) is 11.7. The number of amides is 2. The Labute approximate surface area is 198 Å². The topological polar surface area (TPSA) is 84.9 Å². The summed E-state index contributed by atoms with van der Waals surface area (Å²) in [6.45, 7) is 5.57. The number of esters is 1. The second-order valence-electron chi connectivity index (χ2n) is 8.94. The molecule has 0 spiro atoms. The maximum atomic E-state index is 13.2. The van der Waals surface area contributed by atoms with Gasteiger partial charge in [-0.15, -0.1) is 0 Å². The number of benzene rings is 1. The lowest BCUT2D eigenvalue weighted by Crippen LogP contribution is -2.58. The number of piperazine rings is 1. The molecule has 7 nitrogen and oxygen atoms in total. The molecular weight excluding hydrogens is 476 g/mol. The van der Waals surface area contributed by atoms with Gasteiger partial charge in [0.25, 0.3) is 5.91 Å². The molecule has 0 aromatic heterocycles. The van der Waals surface area contributed by atoms with Crippen LogP contribution in [0.25, 0.3) is 0 Å². The van der Waals surface area contributed by atoms with E-state index in [1.54, 1.807) is 18.2 Å². The third kappa shape index (κ3) is 6.70. The Bertz CT molecular complexity index is 823. The molecule has 1 atom stereocenters. The molecule has 0 bridgehead atoms. The van der Waals surface area contributed by atoms with Gasteiger partial charge < -0.3 is 19.7 Å². The van der Waals surface area contributed by atoms with E-state index in [4.69, 9.17) is 9.47 Å². The van der Waals surface area contributed by atoms with Crippen LogP contribution in [0.3, 0.4) is 0 Å². The first-order chi connectivity index (χ1) is 15.3. The fraction of sp³-hybridized carbons (Fsp3) is 0.625. The molecule has 1 saturated carbocycles. The van der Waals surface area contributed by atoms with Crippen LogP contribution < -0.4 is 10.1 Å². The molecule has 1 aromatic carbocycles. The van der Waals surface area contributed by atoms with Gasteiger partial charge in [-0.1, -0.05) is 20.3 Å². The van der Waals surface area contributed by atoms with Gasteiger partial charge in [-0.2, -0.15) is 0 Å². The van der Waals surface area contributed by atoms with Gasteiger partial charge >= 0.3 is 5.97 Å². The summed E-state index contributed by atoms with van der Waals surface area (Å²) in [5.41, 5.74) is 0.438. The van der Waals surface area contributed by atoms with Crippen LogP contribution in [-0.4, -0.2) is 54.5 Å². The lowest BCUT2D eigenvalue weighted by molar-refractivity contribution is -0.153. The first kappa shape index (κ1) is 24.6. The highest BCUT2D eigenvalue weighted by molar-refractivity contribution is 9.10. The van der Waals surface area contributed by atoms with Gasteiger partial charge in [0.15, 0.2) is 0 Å². The van der Waals surface area contributed by atoms with Crippen molar-refractivity contribution in [1.29, 1.82) is 0 Å². The molecule has 176 valence electrons. The number of carbonyl (C=O) groups excluding carboxylic acids is 3. The summed E-state index contributed by atoms with van der Waals surface area (Å²) in [7, 11) is 0. The number of carbonyl (C=O) groups is 3. The average molecular weight is 509 g/mol. The van der Waals surface area contributed by atoms with Crippen molar-refractivity contribution in [2.24, 2.45) is 5.92 Å². The zero-order valence-electron chi connectivity index (χ0n) is 18.9. The van der Waals surface area contributed by atoms with Gasteiger partial charge in [0.05, 0.1) is 17.5 Å². The maximum absolute atomic E-state index is 13.2. The first-order valence-electron chi connectivity index (χ1n) is 11.6. The summed E-state index contributed by atoms with van der Waals surface area (Å²) in [4.78, 5) is 39.7. The molecule has 1 saturated heterocycles. The van der Waals surface area contributed by atoms with Crippen molar-refractivity contribution in [2.45, 2.75) is 70.9 Å². The Kier molecular flexibility index (Phi) is 8.96. The van der Waals surface area contributed by atoms with Gasteiger partial charge in [0.1, 0.15) is 17.9 Å². The van der Waals surface area contributed by atoms with Gasteiger partial charge in [0.2, 0.25) is 5.91 Å². The van der Waals surface area contributed by atoms with Crippen molar-refractivity contribution < 1.29 is 23.9 Å². The van der Waals surface area contributed by atoms with E-state index in [-0.39, 0.29) is 24.3 Å². The minimum Gasteiger partial charge on any atom is -0.492 e. The van der Waals surface area contributed by atoms with E-state index in [9.17, 15) is 14.4 Å². The molecule has 1 unspecified atom stereocenters. The summed E-state index contributed by atoms with van der Waals surface area (Å²) >= 11 is 3.48. The second-order valence-corrected chi connectivity index (χ2v) is 9.79. The molecular formula is C24H33BrN2O5. The molecule has 1 heterocycles. The predicted octanol–water partition coefficient (Wildman–Crippen LogP) is 4.08. The molecule has 1 N–H and O–H groups in total. The molecule has 3 rings (SSSR count). The van der Waals surface area contributed by atoms with E-state index in [0.717, 1.165) is 32.1 Å². The highest BCUT2D eigenvalue weighted by Gasteiger charge is 2.36. The summed E-state index contributed by atoms with van der Waals surface area (Å²) < 4.78 is 12.1. The van der Waals surface area contributed by atoms with Crippen LogP contribution in [0.1, 0.15) is 69.2 Å². The third-order valence-electron chi connectivity index (χ3n) is 5.93. The largest absolute Gasteiger partial charge is 0.492 e. The summed E-state index contributed by atoms with van der Waals surface area (Å²) in [6, 6.07) is 4.29. The lowest BCUT2D eigenvalue weighted by atomic mass is 9.98. The van der Waals surface area contributed by atoms with Gasteiger partial charge in [0, 0.05) is 18.7 Å². The molecule has 2 fully saturated rings. The molecule has 0 radical (unpaired) electrons. The van der Waals surface area contributed by atoms with Gasteiger partial charge in [-0.05, 0) is 72.2 Å². The number of ether oxygens (including phenoxy) is 2. The monoisotopic (exact) mass is 508 g/mol. The lowest BCUT2D eigenvalue weighted by Gasteiger charge is -2.35. The van der Waals surface area contributed by atoms with Crippen LogP contribution in [0, 0.1) is 5.92 Å². The minimum absolute atomic E-state index is 0.0775. The zero-order chi connectivity index (χ0) is 23.1. The van der Waals surface area contributed by atoms with Gasteiger partial charge in [-0.3, -0.25) is 14.4 Å². The maximum Gasteiger partial charge on any atom is 0.308 e. The van der Waals surface area contributed by atoms with E-state index in [0.29, 0.717) is 41.4 Å². The highest BCUT2D eigenvalue weighted by Crippen LogP contribution is 2.28. The standard InChI is InChI=1S/C24H33BrN2O5/c1-16(2)10-13-31-21-9-8-17(14-19(21)25)24(30)27-12-11-26-23(29)20(27)15-22(28)32-18-6-4-3-5-7-18/h8-9,14,16,18,20H,3-7,10-13,15H2,1-2H3,(H,26,29). The first-order valence-corrected chi connectivity index (χ1v) is 12.3. The van der Waals surface area contributed by atoms with Crippen LogP contribution in [-0.2, 0) is 14.3 Å². The molecule has 8 heteroatoms. The average Bonchev–Trinajstić information content (AvgIpc) is 2.76. The van der Waals surface area contributed by atoms with Crippen molar-refractivity contribution in [3.05, 3.63) is 28.2 Å². The smallest absolute Gasteiger partial charge is 0.308 e. The number of halogens is 1. The van der Waals surface area contributed by atoms with Crippen LogP contribution in [0.4, 0.5) is 0 Å². The SMILES string of the molecule is CC(C)CCOc1ccc(C(=O)N2CCNC(=O)C2CC(=O)OC2CCCCC2)cc1Br. The predicted molar refractivity (Wildman–Crippen MR) is 125 cm³/mol. The summed E-state index contributed by atoms with van der Waals surface area (Å²) in [6.07, 6.45) is 5.73. The minimum atomic E-state index is -0.868. The number of nitrogens with zero attached hydrogens (tertiary/aromatic N) is 1. The number of hydrogen-bond donors (Lipinski definition) is 1. The van der Waals surface area contributed by atoms with E-state index in [2.05, 4.69) is 35.1 Å². The Balaban J connectivity index is 1.65. The van der Waals surface area contributed by atoms with Crippen molar-refractivity contribution in [3.8, 4) is 5.75 Å². The van der Waals surface area contributed by atoms with Crippen LogP contribution in [0.15, 0.2) is 22.7 Å². The van der Waals surface area contributed by atoms with Gasteiger partial charge in [-0.25, -0.2) is 0 Å². The molecule has 2 aliphatic rings. The van der Waals surface area contributed by atoms with E-state index >= 15 is 0 Å². The Morgan fingerprint density at radius 1 is 1.22 bits per heavy atom. The molecule has 1 aliphatic heterocycles. The summed E-state index contributed by atoms with van der Waals surface area (Å²) in [5, 5.41) is 2.76. The number of rotatable bonds is 8. The highest BCUT2D eigenvalue weighted by atomic mass is 79.9. The van der Waals surface area contributed by atoms with Crippen molar-refractivity contribution in [3.63, 3.8) is 0 Å². The Morgan fingerprint density at radius 3 is 2.66 bits per heavy atom.